The number of rotatable bonds is 6. The molecule has 1 saturated heterocycles. The van der Waals surface area contributed by atoms with Crippen molar-refractivity contribution in [1.29, 1.82) is 0 Å². The van der Waals surface area contributed by atoms with Gasteiger partial charge in [0.25, 0.3) is 11.8 Å². The van der Waals surface area contributed by atoms with Gasteiger partial charge in [-0.25, -0.2) is 4.98 Å². The van der Waals surface area contributed by atoms with E-state index in [9.17, 15) is 9.59 Å². The molecule has 7 nitrogen and oxygen atoms in total. The van der Waals surface area contributed by atoms with Gasteiger partial charge >= 0.3 is 0 Å². The van der Waals surface area contributed by atoms with Gasteiger partial charge < -0.3 is 19.9 Å². The van der Waals surface area contributed by atoms with Crippen LogP contribution in [-0.4, -0.2) is 53.0 Å². The molecule has 4 rings (SSSR count). The van der Waals surface area contributed by atoms with Crippen LogP contribution in [-0.2, 0) is 4.74 Å². The average Bonchev–Trinajstić information content (AvgIpc) is 3.40. The molecule has 1 aliphatic rings. The summed E-state index contributed by atoms with van der Waals surface area (Å²) in [5.41, 5.74) is 2.32. The summed E-state index contributed by atoms with van der Waals surface area (Å²) in [5.74, 6) is 0.165. The molecule has 0 aliphatic carbocycles. The fraction of sp³-hybridized carbons (Fsp3) is 0.348. The number of carbonyl (C=O) groups is 2. The van der Waals surface area contributed by atoms with Crippen molar-refractivity contribution in [3.8, 4) is 0 Å². The number of likely N-dealkylation sites (tertiary alicyclic amines) is 1. The van der Waals surface area contributed by atoms with Gasteiger partial charge in [-0.1, -0.05) is 23.2 Å². The molecule has 2 heterocycles. The van der Waals surface area contributed by atoms with E-state index < -0.39 is 0 Å². The summed E-state index contributed by atoms with van der Waals surface area (Å²) in [7, 11) is 1.63. The van der Waals surface area contributed by atoms with Crippen molar-refractivity contribution < 1.29 is 14.3 Å². The Bertz CT molecular complexity index is 1160. The summed E-state index contributed by atoms with van der Waals surface area (Å²) in [4.78, 5) is 35.2. The second-order valence-electron chi connectivity index (χ2n) is 7.92. The maximum Gasteiger partial charge on any atom is 0.255 e. The lowest BCUT2D eigenvalue weighted by molar-refractivity contribution is 0.0630. The molecule has 3 aromatic rings. The standard InChI is InChI=1S/C23H24Cl2N4O3/c1-13(21-27-19-8-6-15(24)11-20(19)28-21)26-22(30)14-5-7-17(18(25)10-14)23(31)29-9-3-4-16(29)12-32-2/h5-8,10-11,13,16H,3-4,9,12H2,1-2H3,(H,26,30)(H,27,28)/t13-,16+/m0/s1. The first kappa shape index (κ1) is 22.6. The number of ether oxygens (including phenoxy) is 1. The zero-order valence-corrected chi connectivity index (χ0v) is 19.3. The van der Waals surface area contributed by atoms with Crippen molar-refractivity contribution >= 4 is 46.0 Å². The van der Waals surface area contributed by atoms with Crippen LogP contribution in [0, 0.1) is 0 Å². The highest BCUT2D eigenvalue weighted by Gasteiger charge is 2.30. The zero-order chi connectivity index (χ0) is 22.8. The van der Waals surface area contributed by atoms with Crippen LogP contribution in [0.15, 0.2) is 36.4 Å². The topological polar surface area (TPSA) is 87.3 Å². The number of methoxy groups -OCH3 is 1. The largest absolute Gasteiger partial charge is 0.383 e. The molecule has 0 unspecified atom stereocenters. The summed E-state index contributed by atoms with van der Waals surface area (Å²) in [5, 5.41) is 3.76. The minimum atomic E-state index is -0.367. The third kappa shape index (κ3) is 4.60. The van der Waals surface area contributed by atoms with E-state index in [4.69, 9.17) is 27.9 Å². The number of hydrogen-bond donors (Lipinski definition) is 2. The first-order valence-electron chi connectivity index (χ1n) is 10.4. The fourth-order valence-corrected chi connectivity index (χ4v) is 4.44. The summed E-state index contributed by atoms with van der Waals surface area (Å²) < 4.78 is 5.23. The molecule has 0 spiro atoms. The number of carbonyl (C=O) groups excluding carboxylic acids is 2. The molecule has 9 heteroatoms. The molecule has 2 amide bonds. The van der Waals surface area contributed by atoms with Gasteiger partial charge in [-0.2, -0.15) is 0 Å². The SMILES string of the molecule is COC[C@H]1CCCN1C(=O)c1ccc(C(=O)N[C@@H](C)c2nc3ccc(Cl)cc3[nH]2)cc1Cl. The van der Waals surface area contributed by atoms with Crippen LogP contribution in [0.1, 0.15) is 52.3 Å². The number of benzene rings is 2. The van der Waals surface area contributed by atoms with E-state index in [2.05, 4.69) is 15.3 Å². The van der Waals surface area contributed by atoms with E-state index >= 15 is 0 Å². The number of aromatic amines is 1. The van der Waals surface area contributed by atoms with Gasteiger partial charge in [-0.05, 0) is 56.2 Å². The normalized spacial score (nSPS) is 17.0. The van der Waals surface area contributed by atoms with Gasteiger partial charge in [0.05, 0.1) is 40.3 Å². The number of fused-ring (bicyclic) bond motifs is 1. The molecule has 32 heavy (non-hydrogen) atoms. The van der Waals surface area contributed by atoms with Crippen molar-refractivity contribution in [3.63, 3.8) is 0 Å². The zero-order valence-electron chi connectivity index (χ0n) is 17.8. The van der Waals surface area contributed by atoms with Crippen LogP contribution in [0.25, 0.3) is 11.0 Å². The highest BCUT2D eigenvalue weighted by atomic mass is 35.5. The van der Waals surface area contributed by atoms with Crippen molar-refractivity contribution in [2.24, 2.45) is 0 Å². The van der Waals surface area contributed by atoms with Crippen molar-refractivity contribution in [3.05, 3.63) is 63.4 Å². The van der Waals surface area contributed by atoms with E-state index in [1.165, 1.54) is 6.07 Å². The molecule has 1 aromatic heterocycles. The summed E-state index contributed by atoms with van der Waals surface area (Å²) in [6, 6.07) is 9.79. The Morgan fingerprint density at radius 3 is 2.84 bits per heavy atom. The van der Waals surface area contributed by atoms with Crippen LogP contribution in [0.3, 0.4) is 0 Å². The second-order valence-corrected chi connectivity index (χ2v) is 8.77. The van der Waals surface area contributed by atoms with E-state index in [0.717, 1.165) is 23.9 Å². The molecule has 1 aliphatic heterocycles. The number of aromatic nitrogens is 2. The molecule has 2 N–H and O–H groups in total. The molecular formula is C23H24Cl2N4O3. The van der Waals surface area contributed by atoms with Crippen molar-refractivity contribution in [1.82, 2.24) is 20.2 Å². The Kier molecular flexibility index (Phi) is 6.69. The van der Waals surface area contributed by atoms with E-state index in [0.29, 0.717) is 35.1 Å². The monoisotopic (exact) mass is 474 g/mol. The third-order valence-electron chi connectivity index (χ3n) is 5.68. The number of nitrogens with one attached hydrogen (secondary N) is 2. The quantitative estimate of drug-likeness (QED) is 0.545. The molecule has 0 bridgehead atoms. The number of nitrogens with zero attached hydrogens (tertiary/aromatic N) is 2. The van der Waals surface area contributed by atoms with E-state index in [1.807, 2.05) is 13.0 Å². The lowest BCUT2D eigenvalue weighted by atomic mass is 10.1. The first-order chi connectivity index (χ1) is 15.4. The number of imidazole rings is 1. The maximum absolute atomic E-state index is 13.0. The molecule has 2 aromatic carbocycles. The van der Waals surface area contributed by atoms with E-state index in [-0.39, 0.29) is 28.9 Å². The van der Waals surface area contributed by atoms with Crippen molar-refractivity contribution in [2.75, 3.05) is 20.3 Å². The van der Waals surface area contributed by atoms with E-state index in [1.54, 1.807) is 36.3 Å². The van der Waals surface area contributed by atoms with Gasteiger partial charge in [-0.15, -0.1) is 0 Å². The summed E-state index contributed by atoms with van der Waals surface area (Å²) in [6.45, 7) is 3.00. The van der Waals surface area contributed by atoms with Gasteiger partial charge in [0.2, 0.25) is 0 Å². The van der Waals surface area contributed by atoms with Gasteiger partial charge in [-0.3, -0.25) is 9.59 Å². The summed E-state index contributed by atoms with van der Waals surface area (Å²) in [6.07, 6.45) is 1.84. The highest BCUT2D eigenvalue weighted by Crippen LogP contribution is 2.26. The van der Waals surface area contributed by atoms with Crippen molar-refractivity contribution in [2.45, 2.75) is 31.8 Å². The number of amides is 2. The van der Waals surface area contributed by atoms with Gasteiger partial charge in [0, 0.05) is 24.2 Å². The Morgan fingerprint density at radius 2 is 2.09 bits per heavy atom. The van der Waals surface area contributed by atoms with Gasteiger partial charge in [0.1, 0.15) is 5.82 Å². The highest BCUT2D eigenvalue weighted by molar-refractivity contribution is 6.34. The molecule has 0 radical (unpaired) electrons. The van der Waals surface area contributed by atoms with Crippen LogP contribution in [0.4, 0.5) is 0 Å². The fourth-order valence-electron chi connectivity index (χ4n) is 4.01. The molecule has 2 atom stereocenters. The lowest BCUT2D eigenvalue weighted by Gasteiger charge is -2.24. The predicted molar refractivity (Wildman–Crippen MR) is 124 cm³/mol. The Labute approximate surface area is 196 Å². The molecule has 168 valence electrons. The third-order valence-corrected chi connectivity index (χ3v) is 6.23. The maximum atomic E-state index is 13.0. The Hall–Kier alpha value is -2.61. The number of H-pyrrole nitrogens is 1. The second kappa shape index (κ2) is 9.48. The molecular weight excluding hydrogens is 451 g/mol. The van der Waals surface area contributed by atoms with Crippen LogP contribution in [0.2, 0.25) is 10.0 Å². The minimum absolute atomic E-state index is 0.0473. The smallest absolute Gasteiger partial charge is 0.255 e. The average molecular weight is 475 g/mol. The number of hydrogen-bond acceptors (Lipinski definition) is 4. The molecule has 0 saturated carbocycles. The lowest BCUT2D eigenvalue weighted by Crippen LogP contribution is -2.38. The number of halogens is 2. The predicted octanol–water partition coefficient (Wildman–Crippen LogP) is 4.61. The van der Waals surface area contributed by atoms with Gasteiger partial charge in [0.15, 0.2) is 0 Å². The van der Waals surface area contributed by atoms with Crippen LogP contribution < -0.4 is 5.32 Å². The molecule has 1 fully saturated rings. The Morgan fingerprint density at radius 1 is 1.28 bits per heavy atom. The first-order valence-corrected chi connectivity index (χ1v) is 11.2. The Balaban J connectivity index is 1.47. The summed E-state index contributed by atoms with van der Waals surface area (Å²) >= 11 is 12.4. The van der Waals surface area contributed by atoms with Crippen LogP contribution in [0.5, 0.6) is 0 Å². The van der Waals surface area contributed by atoms with Crippen LogP contribution >= 0.6 is 23.2 Å². The minimum Gasteiger partial charge on any atom is -0.383 e.